The van der Waals surface area contributed by atoms with Crippen molar-refractivity contribution < 1.29 is 14.3 Å². The Labute approximate surface area is 179 Å². The maximum Gasteiger partial charge on any atom is 0.341 e. The Balaban J connectivity index is 1.64. The van der Waals surface area contributed by atoms with Gasteiger partial charge in [-0.25, -0.2) is 4.79 Å². The summed E-state index contributed by atoms with van der Waals surface area (Å²) in [6.45, 7) is 4.31. The Hall–Kier alpha value is -2.30. The molecule has 0 bridgehead atoms. The number of hydrogen-bond donors (Lipinski definition) is 1. The van der Waals surface area contributed by atoms with E-state index in [1.807, 2.05) is 12.1 Å². The number of carbonyl (C=O) groups excluding carboxylic acids is 2. The fraction of sp³-hybridized carbons (Fsp3) is 0.409. The van der Waals surface area contributed by atoms with E-state index in [4.69, 9.17) is 10.00 Å². The summed E-state index contributed by atoms with van der Waals surface area (Å²) in [6, 6.07) is 9.45. The van der Waals surface area contributed by atoms with Crippen molar-refractivity contribution in [1.82, 2.24) is 0 Å². The van der Waals surface area contributed by atoms with Crippen molar-refractivity contribution in [2.24, 2.45) is 5.92 Å². The van der Waals surface area contributed by atoms with Crippen LogP contribution >= 0.6 is 23.1 Å². The minimum Gasteiger partial charge on any atom is -0.462 e. The second-order valence-electron chi connectivity index (χ2n) is 7.13. The van der Waals surface area contributed by atoms with Crippen LogP contribution in [0.25, 0.3) is 0 Å². The van der Waals surface area contributed by atoms with Gasteiger partial charge < -0.3 is 10.1 Å². The number of esters is 1. The second kappa shape index (κ2) is 9.95. The van der Waals surface area contributed by atoms with Gasteiger partial charge in [0.2, 0.25) is 5.91 Å². The largest absolute Gasteiger partial charge is 0.462 e. The van der Waals surface area contributed by atoms with E-state index in [1.165, 1.54) is 28.0 Å². The number of amides is 1. The summed E-state index contributed by atoms with van der Waals surface area (Å²) >= 11 is 3.01. The molecule has 1 aromatic heterocycles. The van der Waals surface area contributed by atoms with Gasteiger partial charge in [0.05, 0.1) is 29.6 Å². The normalized spacial score (nSPS) is 15.3. The van der Waals surface area contributed by atoms with Crippen LogP contribution in [0.1, 0.15) is 52.2 Å². The van der Waals surface area contributed by atoms with E-state index in [0.29, 0.717) is 40.2 Å². The first kappa shape index (κ1) is 21.4. The van der Waals surface area contributed by atoms with Crippen molar-refractivity contribution in [2.45, 2.75) is 38.9 Å². The molecule has 5 nitrogen and oxygen atoms in total. The monoisotopic (exact) mass is 428 g/mol. The molecular weight excluding hydrogens is 404 g/mol. The number of nitrogens with zero attached hydrogens (tertiary/aromatic N) is 1. The maximum atomic E-state index is 12.5. The summed E-state index contributed by atoms with van der Waals surface area (Å²) < 4.78 is 5.25. The molecule has 3 rings (SSSR count). The van der Waals surface area contributed by atoms with Crippen molar-refractivity contribution in [3.63, 3.8) is 0 Å². The number of fused-ring (bicyclic) bond motifs is 1. The van der Waals surface area contributed by atoms with Gasteiger partial charge in [-0.3, -0.25) is 4.79 Å². The van der Waals surface area contributed by atoms with Crippen LogP contribution in [0.3, 0.4) is 0 Å². The lowest BCUT2D eigenvalue weighted by Gasteiger charge is -2.18. The third kappa shape index (κ3) is 5.40. The zero-order chi connectivity index (χ0) is 20.8. The molecule has 2 aromatic rings. The van der Waals surface area contributed by atoms with E-state index in [2.05, 4.69) is 18.3 Å². The first-order valence-electron chi connectivity index (χ1n) is 9.70. The lowest BCUT2D eigenvalue weighted by Crippen LogP contribution is -2.17. The number of benzene rings is 1. The van der Waals surface area contributed by atoms with Crippen LogP contribution in [0, 0.1) is 17.2 Å². The molecule has 0 radical (unpaired) electrons. The van der Waals surface area contributed by atoms with Crippen LogP contribution in [0.5, 0.6) is 0 Å². The Bertz CT molecular complexity index is 929. The van der Waals surface area contributed by atoms with Crippen molar-refractivity contribution in [2.75, 3.05) is 17.7 Å². The first-order chi connectivity index (χ1) is 14.0. The highest BCUT2D eigenvalue weighted by Gasteiger charge is 2.29. The minimum atomic E-state index is -0.347. The minimum absolute atomic E-state index is 0.124. The molecule has 1 amide bonds. The summed E-state index contributed by atoms with van der Waals surface area (Å²) in [7, 11) is 0. The Morgan fingerprint density at radius 1 is 1.34 bits per heavy atom. The maximum absolute atomic E-state index is 12.5. The zero-order valence-corrected chi connectivity index (χ0v) is 18.3. The zero-order valence-electron chi connectivity index (χ0n) is 16.6. The molecule has 1 aliphatic carbocycles. The highest BCUT2D eigenvalue weighted by atomic mass is 32.2. The molecule has 1 atom stereocenters. The van der Waals surface area contributed by atoms with Gasteiger partial charge in [-0.2, -0.15) is 5.26 Å². The molecular formula is C22H24N2O3S2. The summed E-state index contributed by atoms with van der Waals surface area (Å²) in [5.74, 6) is 1.09. The molecule has 1 heterocycles. The number of anilines is 1. The van der Waals surface area contributed by atoms with Crippen molar-refractivity contribution in [3.8, 4) is 6.07 Å². The average molecular weight is 429 g/mol. The number of thioether (sulfide) groups is 1. The van der Waals surface area contributed by atoms with Gasteiger partial charge in [0.25, 0.3) is 0 Å². The van der Waals surface area contributed by atoms with E-state index in [1.54, 1.807) is 19.1 Å². The van der Waals surface area contributed by atoms with Gasteiger partial charge >= 0.3 is 5.97 Å². The van der Waals surface area contributed by atoms with Crippen molar-refractivity contribution in [3.05, 3.63) is 51.4 Å². The van der Waals surface area contributed by atoms with Crippen LogP contribution in [0.15, 0.2) is 24.3 Å². The number of hydrogen-bond acceptors (Lipinski definition) is 6. The first-order valence-corrected chi connectivity index (χ1v) is 11.7. The molecule has 1 unspecified atom stereocenters. The molecule has 0 saturated heterocycles. The van der Waals surface area contributed by atoms with Crippen LogP contribution in [-0.4, -0.2) is 24.2 Å². The standard InChI is InChI=1S/C22H24N2O3S2/c1-3-27-22(26)20-17-9-4-14(2)10-18(17)29-21(20)24-19(25)13-28-12-16-7-5-15(11-23)6-8-16/h5-8,14H,3-4,9-10,12-13H2,1-2H3,(H,24,25). The van der Waals surface area contributed by atoms with E-state index in [9.17, 15) is 9.59 Å². The van der Waals surface area contributed by atoms with E-state index >= 15 is 0 Å². The van der Waals surface area contributed by atoms with Gasteiger partial charge in [0.15, 0.2) is 0 Å². The van der Waals surface area contributed by atoms with Gasteiger partial charge in [-0.05, 0) is 55.4 Å². The van der Waals surface area contributed by atoms with Gasteiger partial charge in [-0.1, -0.05) is 19.1 Å². The number of ether oxygens (including phenoxy) is 1. The van der Waals surface area contributed by atoms with Crippen LogP contribution < -0.4 is 5.32 Å². The van der Waals surface area contributed by atoms with E-state index < -0.39 is 0 Å². The Morgan fingerprint density at radius 3 is 2.79 bits per heavy atom. The van der Waals surface area contributed by atoms with E-state index in [0.717, 1.165) is 30.4 Å². The molecule has 152 valence electrons. The summed E-state index contributed by atoms with van der Waals surface area (Å²) in [5, 5.41) is 12.4. The molecule has 1 N–H and O–H groups in total. The van der Waals surface area contributed by atoms with E-state index in [-0.39, 0.29) is 11.9 Å². The van der Waals surface area contributed by atoms with Gasteiger partial charge in [0, 0.05) is 10.6 Å². The number of nitriles is 1. The highest BCUT2D eigenvalue weighted by Crippen LogP contribution is 2.40. The summed E-state index contributed by atoms with van der Waals surface area (Å²) in [4.78, 5) is 26.2. The predicted molar refractivity (Wildman–Crippen MR) is 117 cm³/mol. The smallest absolute Gasteiger partial charge is 0.341 e. The number of rotatable bonds is 7. The molecule has 7 heteroatoms. The lowest BCUT2D eigenvalue weighted by atomic mass is 9.88. The van der Waals surface area contributed by atoms with Crippen molar-refractivity contribution >= 4 is 40.0 Å². The third-order valence-corrected chi connectivity index (χ3v) is 7.00. The third-order valence-electron chi connectivity index (χ3n) is 4.83. The molecule has 0 saturated carbocycles. The summed E-state index contributed by atoms with van der Waals surface area (Å²) in [5.41, 5.74) is 3.28. The van der Waals surface area contributed by atoms with Crippen LogP contribution in [0.4, 0.5) is 5.00 Å². The topological polar surface area (TPSA) is 79.2 Å². The van der Waals surface area contributed by atoms with Gasteiger partial charge in [0.1, 0.15) is 5.00 Å². The number of nitrogens with one attached hydrogen (secondary N) is 1. The molecule has 1 aromatic carbocycles. The van der Waals surface area contributed by atoms with Gasteiger partial charge in [-0.15, -0.1) is 23.1 Å². The number of thiophene rings is 1. The van der Waals surface area contributed by atoms with Crippen molar-refractivity contribution in [1.29, 1.82) is 5.26 Å². The fourth-order valence-corrected chi connectivity index (χ4v) is 5.56. The predicted octanol–water partition coefficient (Wildman–Crippen LogP) is 4.79. The lowest BCUT2D eigenvalue weighted by molar-refractivity contribution is -0.113. The molecule has 1 aliphatic rings. The SMILES string of the molecule is CCOC(=O)c1c(NC(=O)CSCc2ccc(C#N)cc2)sc2c1CCC(C)C2. The highest BCUT2D eigenvalue weighted by molar-refractivity contribution is 7.99. The average Bonchev–Trinajstić information content (AvgIpc) is 3.05. The quantitative estimate of drug-likeness (QED) is 0.641. The molecule has 29 heavy (non-hydrogen) atoms. The molecule has 0 aliphatic heterocycles. The molecule has 0 fully saturated rings. The van der Waals surface area contributed by atoms with Crippen LogP contribution in [-0.2, 0) is 28.1 Å². The Morgan fingerprint density at radius 2 is 2.10 bits per heavy atom. The second-order valence-corrected chi connectivity index (χ2v) is 9.22. The molecule has 0 spiro atoms. The summed E-state index contributed by atoms with van der Waals surface area (Å²) in [6.07, 6.45) is 2.84. The fourth-order valence-electron chi connectivity index (χ4n) is 3.36. The van der Waals surface area contributed by atoms with Crippen LogP contribution in [0.2, 0.25) is 0 Å². The Kier molecular flexibility index (Phi) is 7.34. The number of carbonyl (C=O) groups is 2.